The van der Waals surface area contributed by atoms with Crippen molar-refractivity contribution >= 4 is 11.5 Å². The van der Waals surface area contributed by atoms with E-state index in [9.17, 15) is 14.9 Å². The Labute approximate surface area is 109 Å². The molecule has 0 spiro atoms. The third-order valence-corrected chi connectivity index (χ3v) is 2.60. The van der Waals surface area contributed by atoms with Crippen LogP contribution in [0.3, 0.4) is 0 Å². The van der Waals surface area contributed by atoms with Crippen molar-refractivity contribution in [2.45, 2.75) is 6.54 Å². The summed E-state index contributed by atoms with van der Waals surface area (Å²) >= 11 is 0. The minimum atomic E-state index is -0.542. The fraction of sp³-hybridized carbons (Fsp3) is 0.250. The largest absolute Gasteiger partial charge is 0.468 e. The van der Waals surface area contributed by atoms with Crippen molar-refractivity contribution in [2.75, 3.05) is 13.6 Å². The number of nitrogens with zero attached hydrogens (tertiary/aromatic N) is 2. The number of nitrogens with one attached hydrogen (secondary N) is 1. The standard InChI is InChI=1S/C12H13N3O4/c1-14(7-10-3-2-4-19-10)8-12(16)11-5-9(6-13-11)15(17)18/h2-6,13H,7-8H2,1H3. The molecule has 0 bridgehead atoms. The van der Waals surface area contributed by atoms with E-state index in [1.54, 1.807) is 24.3 Å². The number of ketones is 1. The van der Waals surface area contributed by atoms with E-state index in [0.717, 1.165) is 5.76 Å². The van der Waals surface area contributed by atoms with Crippen LogP contribution in [-0.2, 0) is 6.54 Å². The van der Waals surface area contributed by atoms with E-state index >= 15 is 0 Å². The summed E-state index contributed by atoms with van der Waals surface area (Å²) in [6.07, 6.45) is 2.78. The lowest BCUT2D eigenvalue weighted by Gasteiger charge is -2.13. The number of nitro groups is 1. The first-order valence-corrected chi connectivity index (χ1v) is 5.63. The van der Waals surface area contributed by atoms with Crippen molar-refractivity contribution in [3.63, 3.8) is 0 Å². The second-order valence-corrected chi connectivity index (χ2v) is 4.20. The molecule has 0 aromatic carbocycles. The molecule has 0 radical (unpaired) electrons. The Kier molecular flexibility index (Phi) is 3.76. The number of carbonyl (C=O) groups is 1. The first-order chi connectivity index (χ1) is 9.06. The molecule has 0 unspecified atom stereocenters. The zero-order valence-corrected chi connectivity index (χ0v) is 10.3. The van der Waals surface area contributed by atoms with Gasteiger partial charge in [-0.2, -0.15) is 0 Å². The highest BCUT2D eigenvalue weighted by Crippen LogP contribution is 2.13. The molecule has 2 rings (SSSR count). The zero-order chi connectivity index (χ0) is 13.8. The lowest BCUT2D eigenvalue weighted by molar-refractivity contribution is -0.384. The smallest absolute Gasteiger partial charge is 0.287 e. The van der Waals surface area contributed by atoms with Crippen LogP contribution in [0.1, 0.15) is 16.2 Å². The van der Waals surface area contributed by atoms with Gasteiger partial charge in [0.15, 0.2) is 5.78 Å². The summed E-state index contributed by atoms with van der Waals surface area (Å²) in [6, 6.07) is 4.84. The molecular formula is C12H13N3O4. The molecule has 7 nitrogen and oxygen atoms in total. The molecule has 0 aliphatic carbocycles. The first-order valence-electron chi connectivity index (χ1n) is 5.63. The first kappa shape index (κ1) is 13.0. The third kappa shape index (κ3) is 3.29. The number of H-pyrrole nitrogens is 1. The van der Waals surface area contributed by atoms with Gasteiger partial charge in [-0.25, -0.2) is 0 Å². The zero-order valence-electron chi connectivity index (χ0n) is 10.3. The van der Waals surface area contributed by atoms with Crippen molar-refractivity contribution in [3.8, 4) is 0 Å². The van der Waals surface area contributed by atoms with Gasteiger partial charge in [0.05, 0.1) is 36.2 Å². The number of hydrogen-bond donors (Lipinski definition) is 1. The van der Waals surface area contributed by atoms with E-state index in [2.05, 4.69) is 4.98 Å². The minimum absolute atomic E-state index is 0.114. The minimum Gasteiger partial charge on any atom is -0.468 e. The Morgan fingerprint density at radius 3 is 2.95 bits per heavy atom. The summed E-state index contributed by atoms with van der Waals surface area (Å²) in [5.41, 5.74) is 0.120. The van der Waals surface area contributed by atoms with Gasteiger partial charge in [-0.1, -0.05) is 0 Å². The van der Waals surface area contributed by atoms with Crippen LogP contribution in [0.4, 0.5) is 5.69 Å². The summed E-state index contributed by atoms with van der Waals surface area (Å²) in [7, 11) is 1.78. The van der Waals surface area contributed by atoms with Crippen LogP contribution >= 0.6 is 0 Å². The van der Waals surface area contributed by atoms with Crippen LogP contribution in [-0.4, -0.2) is 34.2 Å². The molecule has 0 saturated heterocycles. The fourth-order valence-corrected chi connectivity index (χ4v) is 1.70. The number of hydrogen-bond acceptors (Lipinski definition) is 5. The SMILES string of the molecule is CN(CC(=O)c1cc([N+](=O)[O-])c[nH]1)Cc1ccco1. The van der Waals surface area contributed by atoms with Crippen LogP contribution in [0.25, 0.3) is 0 Å². The number of rotatable bonds is 6. The molecule has 2 aromatic rings. The van der Waals surface area contributed by atoms with Crippen molar-refractivity contribution in [1.29, 1.82) is 0 Å². The van der Waals surface area contributed by atoms with E-state index in [0.29, 0.717) is 6.54 Å². The van der Waals surface area contributed by atoms with Gasteiger partial charge in [-0.05, 0) is 19.2 Å². The lowest BCUT2D eigenvalue weighted by Crippen LogP contribution is -2.25. The average molecular weight is 263 g/mol. The Morgan fingerprint density at radius 2 is 2.37 bits per heavy atom. The summed E-state index contributed by atoms with van der Waals surface area (Å²) < 4.78 is 5.18. The Bertz CT molecular complexity index is 574. The number of furan rings is 1. The van der Waals surface area contributed by atoms with Gasteiger partial charge >= 0.3 is 0 Å². The summed E-state index contributed by atoms with van der Waals surface area (Å²) in [5.74, 6) is 0.551. The molecule has 2 aromatic heterocycles. The van der Waals surface area contributed by atoms with Gasteiger partial charge in [0.2, 0.25) is 0 Å². The van der Waals surface area contributed by atoms with Crippen LogP contribution in [0, 0.1) is 10.1 Å². The fourth-order valence-electron chi connectivity index (χ4n) is 1.70. The highest BCUT2D eigenvalue weighted by Gasteiger charge is 2.16. The Morgan fingerprint density at radius 1 is 1.58 bits per heavy atom. The molecule has 0 aliphatic rings. The van der Waals surface area contributed by atoms with Crippen molar-refractivity contribution in [2.24, 2.45) is 0 Å². The van der Waals surface area contributed by atoms with Gasteiger partial charge in [0.1, 0.15) is 5.76 Å². The van der Waals surface area contributed by atoms with Gasteiger partial charge in [-0.15, -0.1) is 0 Å². The van der Waals surface area contributed by atoms with E-state index in [4.69, 9.17) is 4.42 Å². The van der Waals surface area contributed by atoms with E-state index in [-0.39, 0.29) is 23.7 Å². The number of aromatic nitrogens is 1. The molecule has 19 heavy (non-hydrogen) atoms. The molecule has 100 valence electrons. The highest BCUT2D eigenvalue weighted by molar-refractivity contribution is 5.96. The van der Waals surface area contributed by atoms with Crippen LogP contribution in [0.15, 0.2) is 35.1 Å². The molecule has 7 heteroatoms. The number of Topliss-reactive ketones (excluding diaryl/α,β-unsaturated/α-hetero) is 1. The van der Waals surface area contributed by atoms with Gasteiger partial charge in [0.25, 0.3) is 5.69 Å². The van der Waals surface area contributed by atoms with Crippen LogP contribution < -0.4 is 0 Å². The molecule has 0 saturated carbocycles. The second-order valence-electron chi connectivity index (χ2n) is 4.20. The molecular weight excluding hydrogens is 250 g/mol. The van der Waals surface area contributed by atoms with E-state index in [1.807, 2.05) is 6.07 Å². The highest BCUT2D eigenvalue weighted by atomic mass is 16.6. The van der Waals surface area contributed by atoms with Gasteiger partial charge in [0, 0.05) is 6.07 Å². The third-order valence-electron chi connectivity index (χ3n) is 2.60. The van der Waals surface area contributed by atoms with Crippen LogP contribution in [0.2, 0.25) is 0 Å². The molecule has 1 N–H and O–H groups in total. The predicted octanol–water partition coefficient (Wildman–Crippen LogP) is 1.83. The Balaban J connectivity index is 1.94. The van der Waals surface area contributed by atoms with Crippen molar-refractivity contribution in [3.05, 3.63) is 52.2 Å². The number of likely N-dealkylation sites (N-methyl/N-ethyl adjacent to an activating group) is 1. The normalized spacial score (nSPS) is 10.8. The van der Waals surface area contributed by atoms with Crippen LogP contribution in [0.5, 0.6) is 0 Å². The van der Waals surface area contributed by atoms with Gasteiger partial charge in [-0.3, -0.25) is 19.8 Å². The average Bonchev–Trinajstić information content (AvgIpc) is 2.98. The summed E-state index contributed by atoms with van der Waals surface area (Å²) in [6.45, 7) is 0.653. The molecule has 0 amide bonds. The quantitative estimate of drug-likeness (QED) is 0.487. The molecule has 0 aliphatic heterocycles. The Hall–Kier alpha value is -2.41. The molecule has 2 heterocycles. The topological polar surface area (TPSA) is 92.4 Å². The molecule has 0 fully saturated rings. The van der Waals surface area contributed by atoms with Crippen molar-refractivity contribution in [1.82, 2.24) is 9.88 Å². The van der Waals surface area contributed by atoms with E-state index < -0.39 is 4.92 Å². The summed E-state index contributed by atoms with van der Waals surface area (Å²) in [4.78, 5) is 26.3. The van der Waals surface area contributed by atoms with Crippen molar-refractivity contribution < 1.29 is 14.1 Å². The second kappa shape index (κ2) is 5.49. The number of aromatic amines is 1. The number of carbonyl (C=O) groups excluding carboxylic acids is 1. The van der Waals surface area contributed by atoms with Gasteiger partial charge < -0.3 is 9.40 Å². The maximum atomic E-state index is 11.9. The monoisotopic (exact) mass is 263 g/mol. The summed E-state index contributed by atoms with van der Waals surface area (Å²) in [5, 5.41) is 10.5. The lowest BCUT2D eigenvalue weighted by atomic mass is 10.2. The predicted molar refractivity (Wildman–Crippen MR) is 66.8 cm³/mol. The van der Waals surface area contributed by atoms with E-state index in [1.165, 1.54) is 12.3 Å². The molecule has 0 atom stereocenters. The maximum absolute atomic E-state index is 11.9. The maximum Gasteiger partial charge on any atom is 0.287 e.